The van der Waals surface area contributed by atoms with Gasteiger partial charge in [0.25, 0.3) is 0 Å². The third-order valence-electron chi connectivity index (χ3n) is 3.98. The second-order valence-corrected chi connectivity index (χ2v) is 11.0. The van der Waals surface area contributed by atoms with Crippen molar-refractivity contribution in [3.63, 3.8) is 0 Å². The van der Waals surface area contributed by atoms with Gasteiger partial charge in [-0.2, -0.15) is 0 Å². The van der Waals surface area contributed by atoms with Crippen LogP contribution >= 0.6 is 23.5 Å². The second-order valence-electron chi connectivity index (χ2n) is 6.07. The lowest BCUT2D eigenvalue weighted by Gasteiger charge is -2.16. The zero-order valence-corrected chi connectivity index (χ0v) is 17.3. The highest BCUT2D eigenvalue weighted by Gasteiger charge is 2.17. The molecule has 3 aromatic carbocycles. The summed E-state index contributed by atoms with van der Waals surface area (Å²) >= 11 is 3.60. The van der Waals surface area contributed by atoms with Crippen molar-refractivity contribution < 1.29 is 8.42 Å². The van der Waals surface area contributed by atoms with Crippen molar-refractivity contribution in [3.05, 3.63) is 91.0 Å². The van der Waals surface area contributed by atoms with Crippen molar-refractivity contribution in [1.82, 2.24) is 0 Å². The number of rotatable bonds is 9. The van der Waals surface area contributed by atoms with Crippen LogP contribution in [0.25, 0.3) is 0 Å². The van der Waals surface area contributed by atoms with E-state index >= 15 is 0 Å². The van der Waals surface area contributed by atoms with Gasteiger partial charge in [0.1, 0.15) is 0 Å². The molecule has 0 saturated carbocycles. The molecule has 140 valence electrons. The van der Waals surface area contributed by atoms with Crippen LogP contribution in [0.5, 0.6) is 0 Å². The predicted octanol–water partition coefficient (Wildman–Crippen LogP) is 6.15. The minimum absolute atomic E-state index is 0.179. The molecule has 0 bridgehead atoms. The molecule has 0 spiro atoms. The van der Waals surface area contributed by atoms with Gasteiger partial charge in [-0.3, -0.25) is 0 Å². The Labute approximate surface area is 170 Å². The Morgan fingerprint density at radius 3 is 1.59 bits per heavy atom. The minimum atomic E-state index is -3.22. The van der Waals surface area contributed by atoms with E-state index in [9.17, 15) is 8.42 Å². The highest BCUT2D eigenvalue weighted by molar-refractivity contribution is 8.17. The molecule has 0 N–H and O–H groups in total. The maximum absolute atomic E-state index is 12.5. The molecule has 27 heavy (non-hydrogen) atoms. The molecule has 0 unspecified atom stereocenters. The van der Waals surface area contributed by atoms with Crippen LogP contribution in [-0.4, -0.2) is 18.8 Å². The zero-order chi connectivity index (χ0) is 19.0. The van der Waals surface area contributed by atoms with E-state index in [2.05, 4.69) is 24.3 Å². The molecule has 3 aromatic rings. The second kappa shape index (κ2) is 10.0. The molecule has 0 fully saturated rings. The number of hydrogen-bond acceptors (Lipinski definition) is 4. The molecule has 0 heterocycles. The molecule has 3 rings (SSSR count). The molecule has 0 radical (unpaired) electrons. The van der Waals surface area contributed by atoms with E-state index in [0.29, 0.717) is 11.3 Å². The lowest BCUT2D eigenvalue weighted by atomic mass is 10.4. The zero-order valence-electron chi connectivity index (χ0n) is 14.9. The fraction of sp³-hybridized carbons (Fsp3) is 0.182. The first-order valence-electron chi connectivity index (χ1n) is 8.85. The van der Waals surface area contributed by atoms with Crippen LogP contribution in [0.1, 0.15) is 12.8 Å². The van der Waals surface area contributed by atoms with E-state index in [0.717, 1.165) is 6.42 Å². The van der Waals surface area contributed by atoms with Gasteiger partial charge in [-0.05, 0) is 49.2 Å². The number of sulfone groups is 1. The first-order valence-corrected chi connectivity index (χ1v) is 12.3. The molecule has 0 saturated heterocycles. The van der Waals surface area contributed by atoms with E-state index in [1.54, 1.807) is 47.8 Å². The highest BCUT2D eigenvalue weighted by atomic mass is 32.2. The van der Waals surface area contributed by atoms with Crippen LogP contribution in [0, 0.1) is 0 Å². The standard InChI is InChI=1S/C22H22O2S3/c23-27(24,21-15-8-3-9-16-21)18-10-17-22(25-19-11-4-1-5-12-19)26-20-13-6-2-7-14-20/h1-9,11-16,22H,10,17-18H2. The number of benzene rings is 3. The van der Waals surface area contributed by atoms with Crippen LogP contribution in [-0.2, 0) is 9.84 Å². The van der Waals surface area contributed by atoms with Gasteiger partial charge in [-0.25, -0.2) is 8.42 Å². The fourth-order valence-corrected chi connectivity index (χ4v) is 6.65. The van der Waals surface area contributed by atoms with Crippen molar-refractivity contribution in [1.29, 1.82) is 0 Å². The third-order valence-corrected chi connectivity index (χ3v) is 8.46. The van der Waals surface area contributed by atoms with Gasteiger partial charge in [0.2, 0.25) is 0 Å². The molecule has 2 nitrogen and oxygen atoms in total. The maximum atomic E-state index is 12.5. The van der Waals surface area contributed by atoms with Crippen molar-refractivity contribution >= 4 is 33.4 Å². The van der Waals surface area contributed by atoms with Crippen molar-refractivity contribution in [2.45, 2.75) is 32.1 Å². The molecular formula is C22H22O2S3. The molecule has 0 aliphatic rings. The summed E-state index contributed by atoms with van der Waals surface area (Å²) in [5.41, 5.74) is 0. The Bertz CT molecular complexity index is 870. The Kier molecular flexibility index (Phi) is 7.44. The van der Waals surface area contributed by atoms with Gasteiger partial charge in [0, 0.05) is 9.79 Å². The van der Waals surface area contributed by atoms with Crippen LogP contribution in [0.2, 0.25) is 0 Å². The molecule has 0 aromatic heterocycles. The normalized spacial score (nSPS) is 11.6. The summed E-state index contributed by atoms with van der Waals surface area (Å²) in [7, 11) is -3.22. The van der Waals surface area contributed by atoms with Crippen LogP contribution in [0.4, 0.5) is 0 Å². The lowest BCUT2D eigenvalue weighted by Crippen LogP contribution is -2.09. The Morgan fingerprint density at radius 1 is 0.667 bits per heavy atom. The summed E-state index contributed by atoms with van der Waals surface area (Å²) in [6.07, 6.45) is 1.47. The molecule has 0 amide bonds. The molecule has 0 atom stereocenters. The van der Waals surface area contributed by atoms with Crippen molar-refractivity contribution in [2.24, 2.45) is 0 Å². The van der Waals surface area contributed by atoms with Gasteiger partial charge >= 0.3 is 0 Å². The lowest BCUT2D eigenvalue weighted by molar-refractivity contribution is 0.592. The molecular weight excluding hydrogens is 392 g/mol. The first-order chi connectivity index (χ1) is 13.1. The van der Waals surface area contributed by atoms with Crippen LogP contribution in [0.15, 0.2) is 106 Å². The Hall–Kier alpha value is -1.69. The quantitative estimate of drug-likeness (QED) is 0.311. The maximum Gasteiger partial charge on any atom is 0.178 e. The topological polar surface area (TPSA) is 34.1 Å². The van der Waals surface area contributed by atoms with Crippen LogP contribution in [0.3, 0.4) is 0 Å². The summed E-state index contributed by atoms with van der Waals surface area (Å²) in [6.45, 7) is 0. The van der Waals surface area contributed by atoms with Gasteiger partial charge in [-0.15, -0.1) is 23.5 Å². The van der Waals surface area contributed by atoms with E-state index in [-0.39, 0.29) is 10.3 Å². The van der Waals surface area contributed by atoms with E-state index in [1.165, 1.54) is 9.79 Å². The fourth-order valence-electron chi connectivity index (χ4n) is 2.63. The van der Waals surface area contributed by atoms with Crippen molar-refractivity contribution in [3.8, 4) is 0 Å². The summed E-state index contributed by atoms with van der Waals surface area (Å²) in [4.78, 5) is 2.82. The van der Waals surface area contributed by atoms with E-state index < -0.39 is 9.84 Å². The third kappa shape index (κ3) is 6.45. The average molecular weight is 415 g/mol. The van der Waals surface area contributed by atoms with E-state index in [1.807, 2.05) is 42.5 Å². The van der Waals surface area contributed by atoms with Gasteiger partial charge < -0.3 is 0 Å². The van der Waals surface area contributed by atoms with Gasteiger partial charge in [-0.1, -0.05) is 54.6 Å². The molecule has 0 aliphatic carbocycles. The molecule has 5 heteroatoms. The largest absolute Gasteiger partial charge is 0.224 e. The minimum Gasteiger partial charge on any atom is -0.224 e. The number of hydrogen-bond donors (Lipinski definition) is 0. The summed E-state index contributed by atoms with van der Waals surface area (Å²) in [6, 6.07) is 29.3. The van der Waals surface area contributed by atoms with Gasteiger partial charge in [0.15, 0.2) is 9.84 Å². The van der Waals surface area contributed by atoms with Crippen molar-refractivity contribution in [2.75, 3.05) is 5.75 Å². The summed E-state index contributed by atoms with van der Waals surface area (Å²) < 4.78 is 25.3. The van der Waals surface area contributed by atoms with Crippen LogP contribution < -0.4 is 0 Å². The SMILES string of the molecule is O=S(=O)(CCCC(Sc1ccccc1)Sc1ccccc1)c1ccccc1. The molecule has 0 aliphatic heterocycles. The Balaban J connectivity index is 1.64. The Morgan fingerprint density at radius 2 is 1.11 bits per heavy atom. The average Bonchev–Trinajstić information content (AvgIpc) is 2.70. The summed E-state index contributed by atoms with van der Waals surface area (Å²) in [5.74, 6) is 0.179. The predicted molar refractivity (Wildman–Crippen MR) is 116 cm³/mol. The highest BCUT2D eigenvalue weighted by Crippen LogP contribution is 2.38. The monoisotopic (exact) mass is 414 g/mol. The number of thioether (sulfide) groups is 2. The smallest absolute Gasteiger partial charge is 0.178 e. The van der Waals surface area contributed by atoms with Gasteiger partial charge in [0.05, 0.1) is 15.2 Å². The van der Waals surface area contributed by atoms with E-state index in [4.69, 9.17) is 0 Å². The summed E-state index contributed by atoms with van der Waals surface area (Å²) in [5, 5.41) is 0. The first kappa shape index (κ1) is 20.1.